The van der Waals surface area contributed by atoms with E-state index in [1.54, 1.807) is 0 Å². The van der Waals surface area contributed by atoms with Crippen LogP contribution in [0.4, 0.5) is 0 Å². The van der Waals surface area contributed by atoms with Crippen molar-refractivity contribution in [3.05, 3.63) is 40.6 Å². The highest BCUT2D eigenvalue weighted by molar-refractivity contribution is 9.10. The molecule has 0 aromatic carbocycles. The summed E-state index contributed by atoms with van der Waals surface area (Å²) >= 11 is 3.44. The molecule has 2 aromatic rings. The second-order valence-corrected chi connectivity index (χ2v) is 5.83. The molecule has 19 heavy (non-hydrogen) atoms. The monoisotopic (exact) mass is 321 g/mol. The molecule has 5 nitrogen and oxygen atoms in total. The third-order valence-electron chi connectivity index (χ3n) is 3.41. The number of nitrogens with zero attached hydrogens (tertiary/aromatic N) is 5. The predicted octanol–water partition coefficient (Wildman–Crippen LogP) is 2.19. The highest BCUT2D eigenvalue weighted by Crippen LogP contribution is 2.23. The number of hydrogen-bond acceptors (Lipinski definition) is 4. The van der Waals surface area contributed by atoms with Crippen LogP contribution in [-0.4, -0.2) is 37.7 Å². The Balaban J connectivity index is 1.63. The van der Waals surface area contributed by atoms with Crippen molar-refractivity contribution in [3.8, 4) is 0 Å². The molecule has 1 aliphatic heterocycles. The normalized spacial score (nSPS) is 20.0. The van der Waals surface area contributed by atoms with Gasteiger partial charge in [0.2, 0.25) is 0 Å². The Bertz CT molecular complexity index is 568. The third-order valence-corrected chi connectivity index (χ3v) is 3.82. The summed E-state index contributed by atoms with van der Waals surface area (Å²) in [5.74, 6) is 0.837. The van der Waals surface area contributed by atoms with Gasteiger partial charge in [-0.2, -0.15) is 5.10 Å². The minimum Gasteiger partial charge on any atom is -0.295 e. The van der Waals surface area contributed by atoms with E-state index < -0.39 is 0 Å². The Morgan fingerprint density at radius 1 is 1.47 bits per heavy atom. The van der Waals surface area contributed by atoms with Crippen LogP contribution in [0.2, 0.25) is 0 Å². The molecule has 0 saturated carbocycles. The number of likely N-dealkylation sites (tertiary alicyclic amines) is 1. The largest absolute Gasteiger partial charge is 0.295 e. The molecule has 1 fully saturated rings. The number of aryl methyl sites for hydroxylation is 1. The maximum atomic E-state index is 4.46. The van der Waals surface area contributed by atoms with Crippen LogP contribution in [0, 0.1) is 6.92 Å². The second-order valence-electron chi connectivity index (χ2n) is 4.91. The molecule has 0 N–H and O–H groups in total. The Kier molecular flexibility index (Phi) is 3.61. The molecule has 0 aliphatic carbocycles. The molecule has 3 heterocycles. The van der Waals surface area contributed by atoms with E-state index >= 15 is 0 Å². The Morgan fingerprint density at radius 3 is 3.11 bits per heavy atom. The Morgan fingerprint density at radius 2 is 2.37 bits per heavy atom. The number of aromatic nitrogens is 4. The highest BCUT2D eigenvalue weighted by Gasteiger charge is 2.24. The summed E-state index contributed by atoms with van der Waals surface area (Å²) in [6.07, 6.45) is 6.85. The molecule has 1 atom stereocenters. The van der Waals surface area contributed by atoms with Crippen LogP contribution in [0.25, 0.3) is 0 Å². The van der Waals surface area contributed by atoms with Gasteiger partial charge in [0.25, 0.3) is 0 Å². The van der Waals surface area contributed by atoms with Crippen molar-refractivity contribution in [2.45, 2.75) is 25.9 Å². The molecular weight excluding hydrogens is 306 g/mol. The highest BCUT2D eigenvalue weighted by atomic mass is 79.9. The van der Waals surface area contributed by atoms with Crippen LogP contribution in [0.3, 0.4) is 0 Å². The summed E-state index contributed by atoms with van der Waals surface area (Å²) in [5.41, 5.74) is 1.09. The zero-order valence-corrected chi connectivity index (χ0v) is 12.4. The lowest BCUT2D eigenvalue weighted by Crippen LogP contribution is -2.22. The van der Waals surface area contributed by atoms with E-state index in [2.05, 4.69) is 40.6 Å². The maximum absolute atomic E-state index is 4.46. The van der Waals surface area contributed by atoms with Crippen LogP contribution in [0.1, 0.15) is 24.0 Å². The van der Waals surface area contributed by atoms with E-state index in [0.717, 1.165) is 42.0 Å². The molecule has 6 heteroatoms. The van der Waals surface area contributed by atoms with E-state index in [-0.39, 0.29) is 0 Å². The summed E-state index contributed by atoms with van der Waals surface area (Å²) in [6.45, 7) is 4.93. The first-order chi connectivity index (χ1) is 9.20. The van der Waals surface area contributed by atoms with E-state index in [1.807, 2.05) is 31.6 Å². The summed E-state index contributed by atoms with van der Waals surface area (Å²) in [5, 5.41) is 4.37. The number of halogens is 1. The second kappa shape index (κ2) is 5.38. The van der Waals surface area contributed by atoms with Crippen molar-refractivity contribution < 1.29 is 0 Å². The van der Waals surface area contributed by atoms with Gasteiger partial charge in [-0.05, 0) is 35.3 Å². The standard InChI is InChI=1S/C13H16BrN5/c1-10-15-4-2-12(17-10)8-18-5-3-13(9-18)19-7-11(14)6-16-19/h2,4,6-7,13H,3,5,8-9H2,1H3. The van der Waals surface area contributed by atoms with Crippen LogP contribution in [0.5, 0.6) is 0 Å². The van der Waals surface area contributed by atoms with E-state index in [9.17, 15) is 0 Å². The summed E-state index contributed by atoms with van der Waals surface area (Å²) in [7, 11) is 0. The zero-order chi connectivity index (χ0) is 13.2. The van der Waals surface area contributed by atoms with Crippen molar-refractivity contribution in [1.82, 2.24) is 24.6 Å². The minimum atomic E-state index is 0.467. The van der Waals surface area contributed by atoms with Gasteiger partial charge in [0.1, 0.15) is 5.82 Å². The van der Waals surface area contributed by atoms with Crippen LogP contribution >= 0.6 is 15.9 Å². The molecular formula is C13H16BrN5. The lowest BCUT2D eigenvalue weighted by atomic mass is 10.3. The van der Waals surface area contributed by atoms with Gasteiger partial charge >= 0.3 is 0 Å². The SMILES string of the molecule is Cc1nccc(CN2CCC(n3cc(Br)cn3)C2)n1. The van der Waals surface area contributed by atoms with Gasteiger partial charge < -0.3 is 0 Å². The van der Waals surface area contributed by atoms with E-state index in [1.165, 1.54) is 0 Å². The first-order valence-corrected chi connectivity index (χ1v) is 7.20. The van der Waals surface area contributed by atoms with Crippen LogP contribution in [-0.2, 0) is 6.54 Å². The van der Waals surface area contributed by atoms with Crippen molar-refractivity contribution >= 4 is 15.9 Å². The third kappa shape index (κ3) is 3.01. The van der Waals surface area contributed by atoms with Gasteiger partial charge in [0.05, 0.1) is 22.4 Å². The summed E-state index contributed by atoms with van der Waals surface area (Å²) < 4.78 is 3.09. The molecule has 1 saturated heterocycles. The van der Waals surface area contributed by atoms with Gasteiger partial charge in [-0.3, -0.25) is 9.58 Å². The number of rotatable bonds is 3. The van der Waals surface area contributed by atoms with Gasteiger partial charge in [-0.15, -0.1) is 0 Å². The van der Waals surface area contributed by atoms with Gasteiger partial charge in [-0.1, -0.05) is 0 Å². The topological polar surface area (TPSA) is 46.8 Å². The van der Waals surface area contributed by atoms with Crippen molar-refractivity contribution in [3.63, 3.8) is 0 Å². The Hall–Kier alpha value is -1.27. The van der Waals surface area contributed by atoms with Crippen LogP contribution < -0.4 is 0 Å². The average molecular weight is 322 g/mol. The zero-order valence-electron chi connectivity index (χ0n) is 10.8. The van der Waals surface area contributed by atoms with Crippen molar-refractivity contribution in [2.24, 2.45) is 0 Å². The lowest BCUT2D eigenvalue weighted by Gasteiger charge is -2.15. The van der Waals surface area contributed by atoms with Crippen LogP contribution in [0.15, 0.2) is 29.1 Å². The van der Waals surface area contributed by atoms with Gasteiger partial charge in [0, 0.05) is 32.0 Å². The predicted molar refractivity (Wildman–Crippen MR) is 75.6 cm³/mol. The van der Waals surface area contributed by atoms with Crippen molar-refractivity contribution in [2.75, 3.05) is 13.1 Å². The molecule has 1 unspecified atom stereocenters. The smallest absolute Gasteiger partial charge is 0.125 e. The summed E-state index contributed by atoms with van der Waals surface area (Å²) in [4.78, 5) is 11.0. The maximum Gasteiger partial charge on any atom is 0.125 e. The first-order valence-electron chi connectivity index (χ1n) is 6.41. The fourth-order valence-electron chi connectivity index (χ4n) is 2.51. The van der Waals surface area contributed by atoms with Gasteiger partial charge in [-0.25, -0.2) is 9.97 Å². The average Bonchev–Trinajstić information content (AvgIpc) is 2.98. The lowest BCUT2D eigenvalue weighted by molar-refractivity contribution is 0.307. The molecule has 1 aliphatic rings. The van der Waals surface area contributed by atoms with Crippen molar-refractivity contribution in [1.29, 1.82) is 0 Å². The molecule has 100 valence electrons. The summed E-state index contributed by atoms with van der Waals surface area (Å²) in [6, 6.07) is 2.46. The molecule has 3 rings (SSSR count). The number of hydrogen-bond donors (Lipinski definition) is 0. The Labute approximate surface area is 120 Å². The fraction of sp³-hybridized carbons (Fsp3) is 0.462. The molecule has 2 aromatic heterocycles. The molecule has 0 bridgehead atoms. The fourth-order valence-corrected chi connectivity index (χ4v) is 2.81. The van der Waals surface area contributed by atoms with E-state index in [0.29, 0.717) is 6.04 Å². The van der Waals surface area contributed by atoms with Gasteiger partial charge in [0.15, 0.2) is 0 Å². The minimum absolute atomic E-state index is 0.467. The molecule has 0 amide bonds. The molecule has 0 spiro atoms. The van der Waals surface area contributed by atoms with E-state index in [4.69, 9.17) is 0 Å². The molecule has 0 radical (unpaired) electrons. The quantitative estimate of drug-likeness (QED) is 0.869. The first kappa shape index (κ1) is 12.7.